The first-order chi connectivity index (χ1) is 5.75. The second-order valence-corrected chi connectivity index (χ2v) is 2.28. The summed E-state index contributed by atoms with van der Waals surface area (Å²) in [5.41, 5.74) is 11.1. The fourth-order valence-corrected chi connectivity index (χ4v) is 0.931. The molecule has 0 spiro atoms. The third kappa shape index (κ3) is 2.93. The van der Waals surface area contributed by atoms with Crippen molar-refractivity contribution in [2.24, 2.45) is 11.5 Å². The highest BCUT2D eigenvalue weighted by atomic mass is 35.5. The number of anilines is 1. The van der Waals surface area contributed by atoms with Crippen molar-refractivity contribution in [3.8, 4) is 0 Å². The Morgan fingerprint density at radius 2 is 1.85 bits per heavy atom. The lowest BCUT2D eigenvalue weighted by molar-refractivity contribution is 0.254. The minimum atomic E-state index is -0.538. The molecule has 0 bridgehead atoms. The molecule has 5 heteroatoms. The average Bonchev–Trinajstić information content (AvgIpc) is 2.07. The molecule has 4 N–H and O–H groups in total. The Morgan fingerprint density at radius 3 is 2.23 bits per heavy atom. The molecule has 0 fully saturated rings. The number of carbonyl (C=O) groups excluding carboxylic acids is 1. The van der Waals surface area contributed by atoms with Crippen LogP contribution >= 0.6 is 12.4 Å². The molecule has 0 saturated carbocycles. The topological polar surface area (TPSA) is 72.3 Å². The van der Waals surface area contributed by atoms with E-state index in [2.05, 4.69) is 0 Å². The minimum absolute atomic E-state index is 0. The van der Waals surface area contributed by atoms with Crippen molar-refractivity contribution in [1.82, 2.24) is 0 Å². The zero-order chi connectivity index (χ0) is 8.97. The summed E-state index contributed by atoms with van der Waals surface area (Å²) in [6.45, 7) is 0.0966. The highest BCUT2D eigenvalue weighted by Gasteiger charge is 2.07. The molecule has 13 heavy (non-hydrogen) atoms. The zero-order valence-electron chi connectivity index (χ0n) is 7.01. The summed E-state index contributed by atoms with van der Waals surface area (Å²) >= 11 is 0. The van der Waals surface area contributed by atoms with Gasteiger partial charge in [-0.2, -0.15) is 0 Å². The van der Waals surface area contributed by atoms with E-state index < -0.39 is 6.03 Å². The summed E-state index contributed by atoms with van der Waals surface area (Å²) in [5.74, 6) is 0. The second kappa shape index (κ2) is 5.40. The van der Waals surface area contributed by atoms with Crippen molar-refractivity contribution in [1.29, 1.82) is 0 Å². The number of rotatable bonds is 2. The molecule has 0 saturated heterocycles. The summed E-state index contributed by atoms with van der Waals surface area (Å²) < 4.78 is 0. The number of hydrogen-bond acceptors (Lipinski definition) is 2. The smallest absolute Gasteiger partial charge is 0.320 e. The molecule has 4 nitrogen and oxygen atoms in total. The molecule has 0 atom stereocenters. The van der Waals surface area contributed by atoms with Crippen LogP contribution in [-0.2, 0) is 0 Å². The van der Waals surface area contributed by atoms with Gasteiger partial charge in [-0.25, -0.2) is 4.79 Å². The van der Waals surface area contributed by atoms with Crippen molar-refractivity contribution in [2.75, 3.05) is 11.6 Å². The van der Waals surface area contributed by atoms with Gasteiger partial charge in [-0.1, -0.05) is 18.2 Å². The van der Waals surface area contributed by atoms with E-state index in [0.717, 1.165) is 0 Å². The highest BCUT2D eigenvalue weighted by molar-refractivity contribution is 5.90. The SMILES string of the molecule is Cl.NCN(C(N)=O)c1ccccc1. The molecule has 0 radical (unpaired) electrons. The Bertz CT molecular complexity index is 265. The van der Waals surface area contributed by atoms with Gasteiger partial charge in [0.2, 0.25) is 0 Å². The Kier molecular flexibility index (Phi) is 4.87. The third-order valence-corrected chi connectivity index (χ3v) is 1.52. The number of nitrogens with zero attached hydrogens (tertiary/aromatic N) is 1. The lowest BCUT2D eigenvalue weighted by Gasteiger charge is -2.17. The number of halogens is 1. The van der Waals surface area contributed by atoms with Gasteiger partial charge in [-0.15, -0.1) is 12.4 Å². The van der Waals surface area contributed by atoms with Gasteiger partial charge in [0, 0.05) is 5.69 Å². The van der Waals surface area contributed by atoms with Crippen LogP contribution in [0.2, 0.25) is 0 Å². The fraction of sp³-hybridized carbons (Fsp3) is 0.125. The van der Waals surface area contributed by atoms with Crippen molar-refractivity contribution in [2.45, 2.75) is 0 Å². The zero-order valence-corrected chi connectivity index (χ0v) is 7.83. The number of primary amides is 1. The number of benzene rings is 1. The molecule has 1 rings (SSSR count). The van der Waals surface area contributed by atoms with Gasteiger partial charge in [-0.3, -0.25) is 4.90 Å². The molecule has 0 aromatic heterocycles. The van der Waals surface area contributed by atoms with Crippen molar-refractivity contribution >= 4 is 24.1 Å². The highest BCUT2D eigenvalue weighted by Crippen LogP contribution is 2.10. The number of nitrogens with two attached hydrogens (primary N) is 2. The summed E-state index contributed by atoms with van der Waals surface area (Å²) in [5, 5.41) is 0. The van der Waals surface area contributed by atoms with Crippen LogP contribution in [0.3, 0.4) is 0 Å². The average molecular weight is 202 g/mol. The first-order valence-corrected chi connectivity index (χ1v) is 3.58. The minimum Gasteiger partial charge on any atom is -0.351 e. The van der Waals surface area contributed by atoms with Crippen LogP contribution in [0.25, 0.3) is 0 Å². The van der Waals surface area contributed by atoms with Crippen molar-refractivity contribution in [3.63, 3.8) is 0 Å². The Morgan fingerprint density at radius 1 is 1.31 bits per heavy atom. The molecule has 1 aromatic carbocycles. The summed E-state index contributed by atoms with van der Waals surface area (Å²) in [6.07, 6.45) is 0. The standard InChI is InChI=1S/C8H11N3O.ClH/c9-6-11(8(10)12)7-4-2-1-3-5-7;/h1-5H,6,9H2,(H2,10,12);1H. The Balaban J connectivity index is 0.00000144. The van der Waals surface area contributed by atoms with Crippen molar-refractivity contribution in [3.05, 3.63) is 30.3 Å². The van der Waals surface area contributed by atoms with Gasteiger partial charge >= 0.3 is 6.03 Å². The van der Waals surface area contributed by atoms with Crippen LogP contribution in [0.1, 0.15) is 0 Å². The lowest BCUT2D eigenvalue weighted by atomic mass is 10.3. The van der Waals surface area contributed by atoms with E-state index in [-0.39, 0.29) is 19.1 Å². The van der Waals surface area contributed by atoms with Gasteiger partial charge in [0.15, 0.2) is 0 Å². The van der Waals surface area contributed by atoms with E-state index in [4.69, 9.17) is 11.5 Å². The van der Waals surface area contributed by atoms with Gasteiger partial charge in [0.25, 0.3) is 0 Å². The van der Waals surface area contributed by atoms with Crippen LogP contribution in [-0.4, -0.2) is 12.7 Å². The lowest BCUT2D eigenvalue weighted by Crippen LogP contribution is -2.39. The molecule has 0 aliphatic heterocycles. The summed E-state index contributed by atoms with van der Waals surface area (Å²) in [6, 6.07) is 8.51. The molecule has 0 unspecified atom stereocenters. The number of carbonyl (C=O) groups is 1. The van der Waals surface area contributed by atoms with E-state index in [9.17, 15) is 4.79 Å². The molecular weight excluding hydrogens is 190 g/mol. The number of urea groups is 1. The molecule has 0 aliphatic carbocycles. The molecule has 2 amide bonds. The van der Waals surface area contributed by atoms with Gasteiger partial charge in [0.05, 0.1) is 6.67 Å². The number of para-hydroxylation sites is 1. The molecule has 1 aromatic rings. The van der Waals surface area contributed by atoms with Crippen LogP contribution < -0.4 is 16.4 Å². The van der Waals surface area contributed by atoms with Crippen LogP contribution in [0, 0.1) is 0 Å². The maximum atomic E-state index is 10.8. The first-order valence-electron chi connectivity index (χ1n) is 3.58. The molecule has 0 aliphatic rings. The maximum absolute atomic E-state index is 10.8. The predicted octanol–water partition coefficient (Wildman–Crippen LogP) is 0.910. The van der Waals surface area contributed by atoms with Crippen LogP contribution in [0.15, 0.2) is 30.3 Å². The van der Waals surface area contributed by atoms with Gasteiger partial charge in [-0.05, 0) is 12.1 Å². The normalized spacial score (nSPS) is 8.69. The van der Waals surface area contributed by atoms with E-state index in [1.807, 2.05) is 18.2 Å². The predicted molar refractivity (Wildman–Crippen MR) is 54.8 cm³/mol. The monoisotopic (exact) mass is 201 g/mol. The van der Waals surface area contributed by atoms with Crippen LogP contribution in [0.4, 0.5) is 10.5 Å². The molecular formula is C8H12ClN3O. The Hall–Kier alpha value is -1.26. The van der Waals surface area contributed by atoms with Gasteiger partial charge < -0.3 is 11.5 Å². The summed E-state index contributed by atoms with van der Waals surface area (Å²) in [4.78, 5) is 12.1. The maximum Gasteiger partial charge on any atom is 0.320 e. The van der Waals surface area contributed by atoms with Crippen molar-refractivity contribution < 1.29 is 4.79 Å². The number of hydrogen-bond donors (Lipinski definition) is 2. The van der Waals surface area contributed by atoms with E-state index in [1.54, 1.807) is 12.1 Å². The van der Waals surface area contributed by atoms with E-state index in [0.29, 0.717) is 5.69 Å². The van der Waals surface area contributed by atoms with E-state index >= 15 is 0 Å². The fourth-order valence-electron chi connectivity index (χ4n) is 0.931. The first kappa shape index (κ1) is 11.7. The summed E-state index contributed by atoms with van der Waals surface area (Å²) in [7, 11) is 0. The molecule has 72 valence electrons. The number of amides is 2. The quantitative estimate of drug-likeness (QED) is 0.699. The third-order valence-electron chi connectivity index (χ3n) is 1.52. The Labute approximate surface area is 82.9 Å². The van der Waals surface area contributed by atoms with Gasteiger partial charge in [0.1, 0.15) is 0 Å². The largest absolute Gasteiger partial charge is 0.351 e. The van der Waals surface area contributed by atoms with Crippen LogP contribution in [0.5, 0.6) is 0 Å². The van der Waals surface area contributed by atoms with E-state index in [1.165, 1.54) is 4.90 Å². The molecule has 0 heterocycles. The second-order valence-electron chi connectivity index (χ2n) is 2.28.